The standard InChI is InChI=1S/C23H17FN2O2S/c1-15-11-13-16(14-12-15)25-20-21(29-17-7-3-2-4-8-17)23(28)26(22(20)27)19-10-6-5-9-18(19)24/h2-14,25H,1H3. The fraction of sp³-hybridized carbons (Fsp3) is 0.0435. The van der Waals surface area contributed by atoms with Gasteiger partial charge in [-0.05, 0) is 43.3 Å². The summed E-state index contributed by atoms with van der Waals surface area (Å²) >= 11 is 1.18. The third-order valence-corrected chi connectivity index (χ3v) is 5.51. The van der Waals surface area contributed by atoms with Crippen LogP contribution >= 0.6 is 11.8 Å². The second kappa shape index (κ2) is 7.93. The van der Waals surface area contributed by atoms with Crippen LogP contribution in [0.15, 0.2) is 94.4 Å². The number of hydrogen-bond acceptors (Lipinski definition) is 4. The van der Waals surface area contributed by atoms with Crippen LogP contribution in [0, 0.1) is 12.7 Å². The number of thioether (sulfide) groups is 1. The number of hydrogen-bond donors (Lipinski definition) is 1. The van der Waals surface area contributed by atoms with Crippen molar-refractivity contribution in [2.45, 2.75) is 11.8 Å². The molecule has 1 heterocycles. The van der Waals surface area contributed by atoms with Gasteiger partial charge in [0.15, 0.2) is 0 Å². The zero-order valence-electron chi connectivity index (χ0n) is 15.6. The van der Waals surface area contributed by atoms with E-state index in [-0.39, 0.29) is 16.3 Å². The highest BCUT2D eigenvalue weighted by atomic mass is 32.2. The van der Waals surface area contributed by atoms with Gasteiger partial charge >= 0.3 is 0 Å². The van der Waals surface area contributed by atoms with E-state index >= 15 is 0 Å². The second-order valence-electron chi connectivity index (χ2n) is 6.51. The highest BCUT2D eigenvalue weighted by Gasteiger charge is 2.41. The summed E-state index contributed by atoms with van der Waals surface area (Å²) in [6, 6.07) is 22.5. The molecule has 144 valence electrons. The largest absolute Gasteiger partial charge is 0.350 e. The van der Waals surface area contributed by atoms with Gasteiger partial charge in [0.1, 0.15) is 16.4 Å². The summed E-state index contributed by atoms with van der Waals surface area (Å²) in [6.45, 7) is 1.96. The van der Waals surface area contributed by atoms with Gasteiger partial charge in [-0.1, -0.05) is 59.8 Å². The molecular formula is C23H17FN2O2S. The number of carbonyl (C=O) groups excluding carboxylic acids is 2. The van der Waals surface area contributed by atoms with Gasteiger partial charge in [-0.15, -0.1) is 0 Å². The average Bonchev–Trinajstić information content (AvgIpc) is 2.95. The molecule has 1 N–H and O–H groups in total. The fourth-order valence-electron chi connectivity index (χ4n) is 2.95. The number of para-hydroxylation sites is 1. The topological polar surface area (TPSA) is 49.4 Å². The van der Waals surface area contributed by atoms with Crippen molar-refractivity contribution in [1.29, 1.82) is 0 Å². The number of nitrogens with zero attached hydrogens (tertiary/aromatic N) is 1. The van der Waals surface area contributed by atoms with Gasteiger partial charge < -0.3 is 5.32 Å². The van der Waals surface area contributed by atoms with E-state index in [1.54, 1.807) is 6.07 Å². The minimum atomic E-state index is -0.630. The summed E-state index contributed by atoms with van der Waals surface area (Å²) in [6.07, 6.45) is 0. The smallest absolute Gasteiger partial charge is 0.283 e. The number of halogens is 1. The predicted octanol–water partition coefficient (Wildman–Crippen LogP) is 5.12. The lowest BCUT2D eigenvalue weighted by Crippen LogP contribution is -2.33. The molecule has 0 saturated carbocycles. The number of anilines is 2. The molecule has 0 radical (unpaired) electrons. The van der Waals surface area contributed by atoms with Gasteiger partial charge in [0.05, 0.1) is 5.69 Å². The van der Waals surface area contributed by atoms with Crippen LogP contribution in [0.2, 0.25) is 0 Å². The van der Waals surface area contributed by atoms with E-state index < -0.39 is 17.6 Å². The molecule has 2 amide bonds. The maximum Gasteiger partial charge on any atom is 0.283 e. The molecule has 3 aromatic carbocycles. The number of rotatable bonds is 5. The van der Waals surface area contributed by atoms with E-state index in [0.717, 1.165) is 15.4 Å². The van der Waals surface area contributed by atoms with Crippen molar-refractivity contribution in [2.75, 3.05) is 10.2 Å². The van der Waals surface area contributed by atoms with Gasteiger partial charge in [-0.25, -0.2) is 9.29 Å². The van der Waals surface area contributed by atoms with Gasteiger partial charge in [0, 0.05) is 10.6 Å². The lowest BCUT2D eigenvalue weighted by Gasteiger charge is -2.16. The van der Waals surface area contributed by atoms with E-state index in [0.29, 0.717) is 5.69 Å². The molecule has 0 atom stereocenters. The maximum atomic E-state index is 14.3. The Morgan fingerprint density at radius 3 is 2.17 bits per heavy atom. The van der Waals surface area contributed by atoms with Crippen LogP contribution in [-0.4, -0.2) is 11.8 Å². The van der Waals surface area contributed by atoms with E-state index in [1.165, 1.54) is 30.0 Å². The molecule has 0 unspecified atom stereocenters. The summed E-state index contributed by atoms with van der Waals surface area (Å²) < 4.78 is 14.3. The van der Waals surface area contributed by atoms with Crippen LogP contribution in [0.25, 0.3) is 0 Å². The number of nitrogens with one attached hydrogen (secondary N) is 1. The van der Waals surface area contributed by atoms with Crippen LogP contribution in [0.5, 0.6) is 0 Å². The van der Waals surface area contributed by atoms with Crippen LogP contribution < -0.4 is 10.2 Å². The van der Waals surface area contributed by atoms with Crippen LogP contribution in [0.3, 0.4) is 0 Å². The Balaban J connectivity index is 1.76. The minimum Gasteiger partial charge on any atom is -0.350 e. The highest BCUT2D eigenvalue weighted by molar-refractivity contribution is 8.04. The Hall–Kier alpha value is -3.38. The van der Waals surface area contributed by atoms with Crippen molar-refractivity contribution in [2.24, 2.45) is 0 Å². The molecule has 3 aromatic rings. The van der Waals surface area contributed by atoms with Crippen LogP contribution in [0.4, 0.5) is 15.8 Å². The summed E-state index contributed by atoms with van der Waals surface area (Å²) in [4.78, 5) is 28.2. The SMILES string of the molecule is Cc1ccc(NC2=C(Sc3ccccc3)C(=O)N(c3ccccc3F)C2=O)cc1. The molecular weight excluding hydrogens is 387 g/mol. The first-order chi connectivity index (χ1) is 14.0. The minimum absolute atomic E-state index is 0.0608. The quantitative estimate of drug-likeness (QED) is 0.600. The Kier molecular flexibility index (Phi) is 5.18. The first-order valence-electron chi connectivity index (χ1n) is 8.99. The van der Waals surface area contributed by atoms with Crippen molar-refractivity contribution in [3.63, 3.8) is 0 Å². The molecule has 4 nitrogen and oxygen atoms in total. The Morgan fingerprint density at radius 1 is 0.828 bits per heavy atom. The van der Waals surface area contributed by atoms with E-state index in [2.05, 4.69) is 5.32 Å². The molecule has 0 bridgehead atoms. The Bertz CT molecular complexity index is 1110. The third kappa shape index (κ3) is 3.79. The van der Waals surface area contributed by atoms with Gasteiger partial charge in [-0.2, -0.15) is 0 Å². The lowest BCUT2D eigenvalue weighted by atomic mass is 10.2. The molecule has 0 fully saturated rings. The number of carbonyl (C=O) groups is 2. The lowest BCUT2D eigenvalue weighted by molar-refractivity contribution is -0.120. The van der Waals surface area contributed by atoms with Crippen molar-refractivity contribution in [3.05, 3.63) is 101 Å². The van der Waals surface area contributed by atoms with Gasteiger partial charge in [0.2, 0.25) is 0 Å². The molecule has 0 aliphatic carbocycles. The average molecular weight is 404 g/mol. The zero-order valence-corrected chi connectivity index (χ0v) is 16.4. The first-order valence-corrected chi connectivity index (χ1v) is 9.80. The number of aryl methyl sites for hydroxylation is 1. The molecule has 29 heavy (non-hydrogen) atoms. The summed E-state index contributed by atoms with van der Waals surface area (Å²) in [7, 11) is 0. The maximum absolute atomic E-state index is 14.3. The van der Waals surface area contributed by atoms with E-state index in [9.17, 15) is 14.0 Å². The van der Waals surface area contributed by atoms with E-state index in [1.807, 2.05) is 61.5 Å². The molecule has 4 rings (SSSR count). The summed E-state index contributed by atoms with van der Waals surface area (Å²) in [5.74, 6) is -1.77. The van der Waals surface area contributed by atoms with Crippen LogP contribution in [-0.2, 0) is 9.59 Å². The highest BCUT2D eigenvalue weighted by Crippen LogP contribution is 2.38. The molecule has 0 spiro atoms. The molecule has 6 heteroatoms. The Morgan fingerprint density at radius 2 is 1.48 bits per heavy atom. The number of benzene rings is 3. The molecule has 0 aromatic heterocycles. The third-order valence-electron chi connectivity index (χ3n) is 4.42. The molecule has 1 aliphatic heterocycles. The van der Waals surface area contributed by atoms with E-state index in [4.69, 9.17) is 0 Å². The zero-order chi connectivity index (χ0) is 20.4. The summed E-state index contributed by atoms with van der Waals surface area (Å²) in [5.41, 5.74) is 1.82. The molecule has 0 saturated heterocycles. The van der Waals surface area contributed by atoms with Crippen molar-refractivity contribution < 1.29 is 14.0 Å². The first kappa shape index (κ1) is 19.0. The Labute approximate surface area is 172 Å². The molecule has 1 aliphatic rings. The summed E-state index contributed by atoms with van der Waals surface area (Å²) in [5, 5.41) is 3.06. The van der Waals surface area contributed by atoms with Crippen LogP contribution in [0.1, 0.15) is 5.56 Å². The van der Waals surface area contributed by atoms with Gasteiger partial charge in [0.25, 0.3) is 11.8 Å². The monoisotopic (exact) mass is 404 g/mol. The second-order valence-corrected chi connectivity index (χ2v) is 7.59. The number of amides is 2. The fourth-order valence-corrected chi connectivity index (χ4v) is 3.90. The van der Waals surface area contributed by atoms with Crippen molar-refractivity contribution >= 4 is 35.0 Å². The predicted molar refractivity (Wildman–Crippen MR) is 113 cm³/mol. The normalized spacial score (nSPS) is 13.9. The van der Waals surface area contributed by atoms with Crippen molar-refractivity contribution in [1.82, 2.24) is 0 Å². The van der Waals surface area contributed by atoms with Gasteiger partial charge in [-0.3, -0.25) is 9.59 Å². The van der Waals surface area contributed by atoms with Crippen molar-refractivity contribution in [3.8, 4) is 0 Å². The number of imide groups is 1.